The molecule has 2 atom stereocenters. The molecule has 0 aliphatic carbocycles. The van der Waals surface area contributed by atoms with Gasteiger partial charge in [-0.05, 0) is 5.56 Å². The lowest BCUT2D eigenvalue weighted by Gasteiger charge is -2.31. The number of methoxy groups -OCH3 is 1. The summed E-state index contributed by atoms with van der Waals surface area (Å²) in [4.78, 5) is 0. The largest absolute Gasteiger partial charge is 0.352 e. The molecule has 2 unspecified atom stereocenters. The molecule has 102 valence electrons. The fraction of sp³-hybridized carbons (Fsp3) is 0.625. The Morgan fingerprint density at radius 3 is 2.79 bits per heavy atom. The van der Waals surface area contributed by atoms with Gasteiger partial charge in [0, 0.05) is 31.9 Å². The minimum Gasteiger partial charge on any atom is -0.352 e. The minimum absolute atomic E-state index is 0.0817. The molecule has 4 rings (SSSR count). The van der Waals surface area contributed by atoms with Crippen LogP contribution in [0, 0.1) is 0 Å². The van der Waals surface area contributed by atoms with Crippen molar-refractivity contribution in [1.82, 2.24) is 0 Å². The van der Waals surface area contributed by atoms with Crippen molar-refractivity contribution < 1.29 is 14.0 Å². The maximum absolute atomic E-state index is 6.38. The third-order valence-corrected chi connectivity index (χ3v) is 5.35. The van der Waals surface area contributed by atoms with Gasteiger partial charge in [0.1, 0.15) is 6.54 Å². The topological polar surface area (TPSA) is 18.5 Å². The zero-order valence-corrected chi connectivity index (χ0v) is 11.6. The molecule has 3 nitrogen and oxygen atoms in total. The molecule has 19 heavy (non-hydrogen) atoms. The predicted molar refractivity (Wildman–Crippen MR) is 72.5 cm³/mol. The van der Waals surface area contributed by atoms with E-state index in [1.165, 1.54) is 48.1 Å². The summed E-state index contributed by atoms with van der Waals surface area (Å²) in [6, 6.07) is 8.62. The molecular weight excluding hydrogens is 238 g/mol. The SMILES string of the molecule is COC1OC2(CC[N+]3(CCCC3)C2)c2ccccc21. The highest BCUT2D eigenvalue weighted by Gasteiger charge is 2.56. The van der Waals surface area contributed by atoms with Crippen LogP contribution in [0.5, 0.6) is 0 Å². The van der Waals surface area contributed by atoms with Crippen LogP contribution in [0.2, 0.25) is 0 Å². The summed E-state index contributed by atoms with van der Waals surface area (Å²) in [7, 11) is 1.75. The lowest BCUT2D eigenvalue weighted by Crippen LogP contribution is -2.45. The first-order chi connectivity index (χ1) is 9.27. The molecule has 0 aromatic heterocycles. The third kappa shape index (κ3) is 1.62. The van der Waals surface area contributed by atoms with Crippen molar-refractivity contribution in [1.29, 1.82) is 0 Å². The van der Waals surface area contributed by atoms with Crippen molar-refractivity contribution in [3.63, 3.8) is 0 Å². The number of ether oxygens (including phenoxy) is 2. The average Bonchev–Trinajstić information content (AvgIpc) is 3.13. The molecule has 0 radical (unpaired) electrons. The van der Waals surface area contributed by atoms with E-state index in [9.17, 15) is 0 Å². The van der Waals surface area contributed by atoms with Crippen LogP contribution in [0.25, 0.3) is 0 Å². The first-order valence-electron chi connectivity index (χ1n) is 7.42. The van der Waals surface area contributed by atoms with Gasteiger partial charge in [0.2, 0.25) is 0 Å². The summed E-state index contributed by atoms with van der Waals surface area (Å²) >= 11 is 0. The van der Waals surface area contributed by atoms with E-state index in [0.29, 0.717) is 0 Å². The van der Waals surface area contributed by atoms with Gasteiger partial charge in [-0.25, -0.2) is 0 Å². The number of hydrogen-bond donors (Lipinski definition) is 0. The molecule has 2 saturated heterocycles. The van der Waals surface area contributed by atoms with Crippen molar-refractivity contribution in [3.05, 3.63) is 35.4 Å². The summed E-state index contributed by atoms with van der Waals surface area (Å²) in [5.41, 5.74) is 2.54. The number of nitrogens with zero attached hydrogens (tertiary/aromatic N) is 1. The molecule has 3 aliphatic rings. The van der Waals surface area contributed by atoms with Gasteiger partial charge in [-0.15, -0.1) is 0 Å². The normalized spacial score (nSPS) is 35.3. The maximum Gasteiger partial charge on any atom is 0.185 e. The van der Waals surface area contributed by atoms with Crippen molar-refractivity contribution in [2.75, 3.05) is 33.3 Å². The van der Waals surface area contributed by atoms with Crippen LogP contribution in [-0.4, -0.2) is 37.8 Å². The van der Waals surface area contributed by atoms with E-state index >= 15 is 0 Å². The first-order valence-corrected chi connectivity index (χ1v) is 7.42. The Bertz CT molecular complexity index is 495. The van der Waals surface area contributed by atoms with Crippen LogP contribution in [-0.2, 0) is 15.1 Å². The van der Waals surface area contributed by atoms with Gasteiger partial charge in [-0.2, -0.15) is 0 Å². The molecule has 3 aliphatic heterocycles. The zero-order chi connectivity index (χ0) is 12.9. The second-order valence-electron chi connectivity index (χ2n) is 6.39. The van der Waals surface area contributed by atoms with Crippen molar-refractivity contribution >= 4 is 0 Å². The summed E-state index contributed by atoms with van der Waals surface area (Å²) in [5.74, 6) is 0. The van der Waals surface area contributed by atoms with E-state index in [4.69, 9.17) is 9.47 Å². The molecule has 2 spiro atoms. The Labute approximate surface area is 114 Å². The molecule has 1 aromatic rings. The smallest absolute Gasteiger partial charge is 0.185 e. The standard InChI is InChI=1S/C16H22NO2/c1-18-15-13-6-2-3-7-14(13)16(19-15)8-11-17(12-16)9-4-5-10-17/h2-3,6-7,15H,4-5,8-12H2,1H3/q+1. The Morgan fingerprint density at radius 1 is 1.21 bits per heavy atom. The molecule has 0 N–H and O–H groups in total. The molecule has 0 amide bonds. The lowest BCUT2D eigenvalue weighted by atomic mass is 9.91. The molecule has 3 heteroatoms. The van der Waals surface area contributed by atoms with E-state index in [1.54, 1.807) is 7.11 Å². The van der Waals surface area contributed by atoms with Gasteiger partial charge in [0.15, 0.2) is 11.9 Å². The number of hydrogen-bond acceptors (Lipinski definition) is 2. The van der Waals surface area contributed by atoms with E-state index in [-0.39, 0.29) is 11.9 Å². The van der Waals surface area contributed by atoms with Crippen molar-refractivity contribution in [2.45, 2.75) is 31.2 Å². The molecule has 1 aromatic carbocycles. The Morgan fingerprint density at radius 2 is 2.00 bits per heavy atom. The predicted octanol–water partition coefficient (Wildman–Crippen LogP) is 2.57. The van der Waals surface area contributed by atoms with Gasteiger partial charge in [0.05, 0.1) is 19.6 Å². The summed E-state index contributed by atoms with van der Waals surface area (Å²) < 4.78 is 13.2. The molecule has 2 fully saturated rings. The highest BCUT2D eigenvalue weighted by molar-refractivity contribution is 5.38. The van der Waals surface area contributed by atoms with Gasteiger partial charge in [-0.1, -0.05) is 24.3 Å². The van der Waals surface area contributed by atoms with Crippen LogP contribution < -0.4 is 0 Å². The first kappa shape index (κ1) is 11.9. The van der Waals surface area contributed by atoms with Gasteiger partial charge in [0.25, 0.3) is 0 Å². The molecular formula is C16H22NO2+. The summed E-state index contributed by atoms with van der Waals surface area (Å²) in [6.07, 6.45) is 3.73. The second-order valence-corrected chi connectivity index (χ2v) is 6.39. The number of fused-ring (bicyclic) bond motifs is 2. The molecule has 0 bridgehead atoms. The Hall–Kier alpha value is -0.900. The summed E-state index contributed by atoms with van der Waals surface area (Å²) in [5, 5.41) is 0. The Kier molecular flexibility index (Phi) is 2.53. The van der Waals surface area contributed by atoms with E-state index in [1.807, 2.05) is 0 Å². The van der Waals surface area contributed by atoms with Crippen LogP contribution >= 0.6 is 0 Å². The Balaban J connectivity index is 1.73. The fourth-order valence-corrected chi connectivity index (χ4v) is 4.45. The second kappa shape index (κ2) is 4.05. The quantitative estimate of drug-likeness (QED) is 0.723. The van der Waals surface area contributed by atoms with E-state index in [0.717, 1.165) is 13.0 Å². The van der Waals surface area contributed by atoms with E-state index in [2.05, 4.69) is 24.3 Å². The maximum atomic E-state index is 6.38. The minimum atomic E-state index is -0.169. The fourth-order valence-electron chi connectivity index (χ4n) is 4.45. The van der Waals surface area contributed by atoms with Crippen LogP contribution in [0.15, 0.2) is 24.3 Å². The van der Waals surface area contributed by atoms with Crippen LogP contribution in [0.4, 0.5) is 0 Å². The van der Waals surface area contributed by atoms with Crippen LogP contribution in [0.3, 0.4) is 0 Å². The van der Waals surface area contributed by atoms with Crippen molar-refractivity contribution in [3.8, 4) is 0 Å². The molecule has 0 saturated carbocycles. The monoisotopic (exact) mass is 260 g/mol. The van der Waals surface area contributed by atoms with Gasteiger partial charge in [-0.3, -0.25) is 0 Å². The third-order valence-electron chi connectivity index (χ3n) is 5.35. The number of rotatable bonds is 1. The number of quaternary nitrogens is 1. The highest BCUT2D eigenvalue weighted by atomic mass is 16.7. The summed E-state index contributed by atoms with van der Waals surface area (Å²) in [6.45, 7) is 5.09. The molecule has 3 heterocycles. The lowest BCUT2D eigenvalue weighted by molar-refractivity contribution is -0.908. The average molecular weight is 260 g/mol. The number of benzene rings is 1. The van der Waals surface area contributed by atoms with Crippen LogP contribution in [0.1, 0.15) is 36.7 Å². The van der Waals surface area contributed by atoms with Gasteiger partial charge < -0.3 is 14.0 Å². The zero-order valence-electron chi connectivity index (χ0n) is 11.6. The van der Waals surface area contributed by atoms with E-state index < -0.39 is 0 Å². The van der Waals surface area contributed by atoms with Gasteiger partial charge >= 0.3 is 0 Å². The van der Waals surface area contributed by atoms with Crippen molar-refractivity contribution in [2.24, 2.45) is 0 Å². The highest BCUT2D eigenvalue weighted by Crippen LogP contribution is 2.51.